The van der Waals surface area contributed by atoms with E-state index in [1.807, 2.05) is 0 Å². The summed E-state index contributed by atoms with van der Waals surface area (Å²) in [4.78, 5) is 2.20. The minimum atomic E-state index is -0.630. The van der Waals surface area contributed by atoms with E-state index in [1.165, 1.54) is 11.4 Å². The molecule has 0 amide bonds. The highest BCUT2D eigenvalue weighted by Crippen LogP contribution is 2.28. The zero-order valence-corrected chi connectivity index (χ0v) is 8.70. The highest BCUT2D eigenvalue weighted by atomic mass is 16.5. The maximum Gasteiger partial charge on any atom is 0.128 e. The number of β-amino-alcohol motifs (C(OH)–C–C–N with tert-alkyl or cyclic N) is 1. The summed E-state index contributed by atoms with van der Waals surface area (Å²) < 4.78 is 5.05. The van der Waals surface area contributed by atoms with Crippen molar-refractivity contribution >= 4 is 0 Å². The molecular weight excluding hydrogens is 192 g/mol. The SMILES string of the molecule is OC1(CN2CNC3=CCCC=C32)COC1. The van der Waals surface area contributed by atoms with Gasteiger partial charge in [0.2, 0.25) is 0 Å². The van der Waals surface area contributed by atoms with Gasteiger partial charge >= 0.3 is 0 Å². The number of hydrogen-bond acceptors (Lipinski definition) is 4. The Morgan fingerprint density at radius 2 is 2.20 bits per heavy atom. The van der Waals surface area contributed by atoms with Gasteiger partial charge in [0.25, 0.3) is 0 Å². The number of fused-ring (bicyclic) bond motifs is 1. The predicted octanol–water partition coefficient (Wildman–Crippen LogP) is 0.172. The van der Waals surface area contributed by atoms with Gasteiger partial charge < -0.3 is 20.1 Å². The number of hydrogen-bond donors (Lipinski definition) is 2. The van der Waals surface area contributed by atoms with Crippen LogP contribution in [0.25, 0.3) is 0 Å². The van der Waals surface area contributed by atoms with Gasteiger partial charge in [-0.1, -0.05) is 12.2 Å². The van der Waals surface area contributed by atoms with Crippen molar-refractivity contribution in [3.63, 3.8) is 0 Å². The zero-order chi connectivity index (χ0) is 10.3. The van der Waals surface area contributed by atoms with Gasteiger partial charge in [0, 0.05) is 0 Å². The molecule has 2 N–H and O–H groups in total. The molecule has 0 atom stereocenters. The Balaban J connectivity index is 1.72. The van der Waals surface area contributed by atoms with Gasteiger partial charge in [-0.05, 0) is 12.8 Å². The van der Waals surface area contributed by atoms with Crippen LogP contribution in [0.2, 0.25) is 0 Å². The van der Waals surface area contributed by atoms with Crippen molar-refractivity contribution in [1.82, 2.24) is 10.2 Å². The van der Waals surface area contributed by atoms with Crippen LogP contribution in [-0.2, 0) is 4.74 Å². The van der Waals surface area contributed by atoms with Crippen LogP contribution < -0.4 is 5.32 Å². The first-order chi connectivity index (χ1) is 7.27. The van der Waals surface area contributed by atoms with E-state index in [1.54, 1.807) is 0 Å². The molecule has 4 heteroatoms. The fourth-order valence-corrected chi connectivity index (χ4v) is 2.32. The molecule has 2 heterocycles. The minimum absolute atomic E-state index is 0.468. The molecule has 0 aromatic rings. The minimum Gasteiger partial charge on any atom is -0.383 e. The summed E-state index contributed by atoms with van der Waals surface area (Å²) in [6, 6.07) is 0. The average molecular weight is 208 g/mol. The lowest BCUT2D eigenvalue weighted by molar-refractivity contribution is -0.184. The van der Waals surface area contributed by atoms with Crippen molar-refractivity contribution in [2.45, 2.75) is 18.4 Å². The molecule has 82 valence electrons. The molecule has 0 spiro atoms. The van der Waals surface area contributed by atoms with Crippen LogP contribution in [-0.4, -0.2) is 42.0 Å². The highest BCUT2D eigenvalue weighted by Gasteiger charge is 2.39. The first-order valence-electron chi connectivity index (χ1n) is 5.47. The third-order valence-corrected chi connectivity index (χ3v) is 3.16. The Hall–Kier alpha value is -1.00. The van der Waals surface area contributed by atoms with E-state index in [2.05, 4.69) is 22.4 Å². The number of ether oxygens (including phenoxy) is 1. The molecule has 3 aliphatic rings. The van der Waals surface area contributed by atoms with E-state index in [9.17, 15) is 5.11 Å². The molecule has 0 aromatic heterocycles. The van der Waals surface area contributed by atoms with Gasteiger partial charge in [-0.15, -0.1) is 0 Å². The van der Waals surface area contributed by atoms with Crippen molar-refractivity contribution < 1.29 is 9.84 Å². The van der Waals surface area contributed by atoms with Crippen LogP contribution in [0.5, 0.6) is 0 Å². The van der Waals surface area contributed by atoms with Crippen LogP contribution in [0.3, 0.4) is 0 Å². The molecule has 2 fully saturated rings. The molecule has 2 saturated heterocycles. The third kappa shape index (κ3) is 1.54. The summed E-state index contributed by atoms with van der Waals surface area (Å²) in [7, 11) is 0. The van der Waals surface area contributed by atoms with Crippen LogP contribution in [0.1, 0.15) is 12.8 Å². The standard InChI is InChI=1S/C11H16N2O2/c14-11(6-15-7-11)5-13-8-12-9-3-1-2-4-10(9)13/h3-4,12,14H,1-2,5-8H2. The second kappa shape index (κ2) is 3.25. The maximum absolute atomic E-state index is 10.0. The molecule has 15 heavy (non-hydrogen) atoms. The molecule has 0 radical (unpaired) electrons. The van der Waals surface area contributed by atoms with Crippen molar-refractivity contribution in [3.05, 3.63) is 23.5 Å². The Morgan fingerprint density at radius 1 is 1.40 bits per heavy atom. The topological polar surface area (TPSA) is 44.7 Å². The van der Waals surface area contributed by atoms with Gasteiger partial charge in [0.15, 0.2) is 0 Å². The fraction of sp³-hybridized carbons (Fsp3) is 0.636. The predicted molar refractivity (Wildman–Crippen MR) is 55.9 cm³/mol. The Labute approximate surface area is 89.2 Å². The van der Waals surface area contributed by atoms with E-state index in [4.69, 9.17) is 4.74 Å². The summed E-state index contributed by atoms with van der Waals surface area (Å²) in [5.41, 5.74) is 1.85. The van der Waals surface area contributed by atoms with Gasteiger partial charge in [-0.25, -0.2) is 0 Å². The first kappa shape index (κ1) is 9.24. The average Bonchev–Trinajstić information content (AvgIpc) is 2.60. The lowest BCUT2D eigenvalue weighted by Crippen LogP contribution is -2.56. The Morgan fingerprint density at radius 3 is 2.93 bits per heavy atom. The molecule has 0 unspecified atom stereocenters. The number of nitrogens with zero attached hydrogens (tertiary/aromatic N) is 1. The number of allylic oxidation sites excluding steroid dienone is 2. The van der Waals surface area contributed by atoms with Crippen LogP contribution in [0.4, 0.5) is 0 Å². The quantitative estimate of drug-likeness (QED) is 0.679. The molecular formula is C11H16N2O2. The lowest BCUT2D eigenvalue weighted by atomic mass is 10.0. The lowest BCUT2D eigenvalue weighted by Gasteiger charge is -2.39. The highest BCUT2D eigenvalue weighted by molar-refractivity contribution is 5.35. The van der Waals surface area contributed by atoms with E-state index >= 15 is 0 Å². The van der Waals surface area contributed by atoms with Crippen molar-refractivity contribution in [2.75, 3.05) is 26.4 Å². The van der Waals surface area contributed by atoms with Crippen LogP contribution in [0, 0.1) is 0 Å². The maximum atomic E-state index is 10.0. The van der Waals surface area contributed by atoms with E-state index in [0.717, 1.165) is 19.5 Å². The summed E-state index contributed by atoms with van der Waals surface area (Å²) >= 11 is 0. The Bertz CT molecular complexity index is 331. The summed E-state index contributed by atoms with van der Waals surface area (Å²) in [5.74, 6) is 0. The third-order valence-electron chi connectivity index (χ3n) is 3.16. The molecule has 0 bridgehead atoms. The molecule has 4 nitrogen and oxygen atoms in total. The Kier molecular flexibility index (Phi) is 2.00. The van der Waals surface area contributed by atoms with E-state index < -0.39 is 5.60 Å². The van der Waals surface area contributed by atoms with Gasteiger partial charge in [-0.3, -0.25) is 0 Å². The molecule has 3 rings (SSSR count). The zero-order valence-electron chi connectivity index (χ0n) is 8.70. The normalized spacial score (nSPS) is 27.4. The van der Waals surface area contributed by atoms with Crippen LogP contribution >= 0.6 is 0 Å². The van der Waals surface area contributed by atoms with Gasteiger partial charge in [0.1, 0.15) is 5.60 Å². The fourth-order valence-electron chi connectivity index (χ4n) is 2.32. The van der Waals surface area contributed by atoms with Crippen molar-refractivity contribution in [2.24, 2.45) is 0 Å². The second-order valence-corrected chi connectivity index (χ2v) is 4.53. The summed E-state index contributed by atoms with van der Waals surface area (Å²) in [5, 5.41) is 13.4. The van der Waals surface area contributed by atoms with E-state index in [-0.39, 0.29) is 0 Å². The molecule has 0 aromatic carbocycles. The number of aliphatic hydroxyl groups is 1. The molecule has 2 aliphatic heterocycles. The number of nitrogens with one attached hydrogen (secondary N) is 1. The number of rotatable bonds is 2. The monoisotopic (exact) mass is 208 g/mol. The second-order valence-electron chi connectivity index (χ2n) is 4.53. The summed E-state index contributed by atoms with van der Waals surface area (Å²) in [6.07, 6.45) is 6.70. The van der Waals surface area contributed by atoms with Gasteiger partial charge in [-0.2, -0.15) is 0 Å². The molecule has 1 aliphatic carbocycles. The van der Waals surface area contributed by atoms with Crippen molar-refractivity contribution in [3.8, 4) is 0 Å². The van der Waals surface area contributed by atoms with E-state index in [0.29, 0.717) is 19.8 Å². The smallest absolute Gasteiger partial charge is 0.128 e. The first-order valence-corrected chi connectivity index (χ1v) is 5.47. The summed E-state index contributed by atoms with van der Waals surface area (Å²) in [6.45, 7) is 2.41. The van der Waals surface area contributed by atoms with Crippen molar-refractivity contribution in [1.29, 1.82) is 0 Å². The molecule has 0 saturated carbocycles. The van der Waals surface area contributed by atoms with Crippen LogP contribution in [0.15, 0.2) is 23.5 Å². The van der Waals surface area contributed by atoms with Gasteiger partial charge in [0.05, 0.1) is 37.8 Å². The largest absolute Gasteiger partial charge is 0.383 e.